The van der Waals surface area contributed by atoms with E-state index in [9.17, 15) is 9.59 Å². The third kappa shape index (κ3) is 3.96. The summed E-state index contributed by atoms with van der Waals surface area (Å²) >= 11 is 0. The maximum Gasteiger partial charge on any atom is 0.237 e. The fourth-order valence-corrected chi connectivity index (χ4v) is 4.11. The number of hydrogen-bond acceptors (Lipinski definition) is 3. The van der Waals surface area contributed by atoms with Crippen LogP contribution in [0.15, 0.2) is 0 Å². The van der Waals surface area contributed by atoms with E-state index in [0.717, 1.165) is 25.7 Å². The third-order valence-corrected chi connectivity index (χ3v) is 5.01. The molecule has 2 aliphatic rings. The minimum atomic E-state index is -0.434. The van der Waals surface area contributed by atoms with Gasteiger partial charge in [0.2, 0.25) is 11.8 Å². The van der Waals surface area contributed by atoms with E-state index in [-0.39, 0.29) is 24.4 Å². The van der Waals surface area contributed by atoms with E-state index in [1.807, 2.05) is 13.8 Å². The summed E-state index contributed by atoms with van der Waals surface area (Å²) in [7, 11) is 0. The van der Waals surface area contributed by atoms with Gasteiger partial charge in [0.1, 0.15) is 0 Å². The average Bonchev–Trinajstić information content (AvgIpc) is 2.35. The first-order valence-corrected chi connectivity index (χ1v) is 8.21. The molecule has 5 heteroatoms. The van der Waals surface area contributed by atoms with E-state index in [1.54, 1.807) is 4.90 Å². The van der Waals surface area contributed by atoms with E-state index < -0.39 is 5.91 Å². The Balaban J connectivity index is 2.04. The Morgan fingerprint density at radius 1 is 1.19 bits per heavy atom. The van der Waals surface area contributed by atoms with Crippen LogP contribution >= 0.6 is 0 Å². The van der Waals surface area contributed by atoms with Crippen molar-refractivity contribution in [2.24, 2.45) is 35.1 Å². The molecule has 2 unspecified atom stereocenters. The zero-order valence-electron chi connectivity index (χ0n) is 13.3. The van der Waals surface area contributed by atoms with Crippen molar-refractivity contribution in [1.82, 2.24) is 4.90 Å². The molecule has 120 valence electrons. The van der Waals surface area contributed by atoms with E-state index in [1.165, 1.54) is 6.42 Å². The minimum absolute atomic E-state index is 0.0261. The topological polar surface area (TPSA) is 89.4 Å². The summed E-state index contributed by atoms with van der Waals surface area (Å²) in [5.74, 6) is 0.974. The SMILES string of the molecule is CC(C)CN(CC(N)=O)C(=O)C1CC2CCCC(C1)C2N. The first kappa shape index (κ1) is 16.3. The summed E-state index contributed by atoms with van der Waals surface area (Å²) in [5.41, 5.74) is 11.6. The maximum absolute atomic E-state index is 12.8. The zero-order valence-corrected chi connectivity index (χ0v) is 13.3. The molecule has 0 aliphatic heterocycles. The van der Waals surface area contributed by atoms with Gasteiger partial charge in [0.05, 0.1) is 6.54 Å². The molecule has 2 bridgehead atoms. The molecule has 0 aromatic heterocycles. The summed E-state index contributed by atoms with van der Waals surface area (Å²) < 4.78 is 0. The summed E-state index contributed by atoms with van der Waals surface area (Å²) in [5, 5.41) is 0. The zero-order chi connectivity index (χ0) is 15.6. The van der Waals surface area contributed by atoms with Crippen molar-refractivity contribution in [2.75, 3.05) is 13.1 Å². The number of hydrogen-bond donors (Lipinski definition) is 2. The van der Waals surface area contributed by atoms with Crippen LogP contribution in [0.3, 0.4) is 0 Å². The number of fused-ring (bicyclic) bond motifs is 2. The van der Waals surface area contributed by atoms with E-state index in [0.29, 0.717) is 24.3 Å². The predicted molar refractivity (Wildman–Crippen MR) is 82.1 cm³/mol. The van der Waals surface area contributed by atoms with Gasteiger partial charge in [-0.15, -0.1) is 0 Å². The van der Waals surface area contributed by atoms with Gasteiger partial charge in [-0.05, 0) is 43.4 Å². The number of primary amides is 1. The lowest BCUT2D eigenvalue weighted by Gasteiger charge is -2.44. The monoisotopic (exact) mass is 295 g/mol. The van der Waals surface area contributed by atoms with Crippen LogP contribution in [0.1, 0.15) is 46.0 Å². The Bertz CT molecular complexity index is 383. The third-order valence-electron chi connectivity index (χ3n) is 5.01. The number of carbonyl (C=O) groups is 2. The molecular weight excluding hydrogens is 266 g/mol. The highest BCUT2D eigenvalue weighted by Gasteiger charge is 2.41. The van der Waals surface area contributed by atoms with Gasteiger partial charge >= 0.3 is 0 Å². The van der Waals surface area contributed by atoms with E-state index >= 15 is 0 Å². The van der Waals surface area contributed by atoms with Crippen LogP contribution < -0.4 is 11.5 Å². The number of nitrogens with zero attached hydrogens (tertiary/aromatic N) is 1. The summed E-state index contributed by atoms with van der Waals surface area (Å²) in [6.07, 6.45) is 5.28. The van der Waals surface area contributed by atoms with Crippen molar-refractivity contribution in [3.63, 3.8) is 0 Å². The fourth-order valence-electron chi connectivity index (χ4n) is 4.11. The lowest BCUT2D eigenvalue weighted by molar-refractivity contribution is -0.142. The van der Waals surface area contributed by atoms with Crippen LogP contribution in [0.5, 0.6) is 0 Å². The summed E-state index contributed by atoms with van der Waals surface area (Å²) in [6.45, 7) is 4.73. The molecule has 0 radical (unpaired) electrons. The number of amides is 2. The minimum Gasteiger partial charge on any atom is -0.368 e. The highest BCUT2D eigenvalue weighted by Crippen LogP contribution is 2.42. The van der Waals surface area contributed by atoms with Crippen molar-refractivity contribution in [3.8, 4) is 0 Å². The Morgan fingerprint density at radius 3 is 2.24 bits per heavy atom. The number of rotatable bonds is 5. The van der Waals surface area contributed by atoms with Crippen molar-refractivity contribution >= 4 is 11.8 Å². The van der Waals surface area contributed by atoms with Crippen molar-refractivity contribution in [2.45, 2.75) is 52.0 Å². The lowest BCUT2D eigenvalue weighted by atomic mass is 9.65. The Hall–Kier alpha value is -1.10. The highest BCUT2D eigenvalue weighted by molar-refractivity contribution is 5.85. The van der Waals surface area contributed by atoms with Gasteiger partial charge in [-0.1, -0.05) is 20.3 Å². The quantitative estimate of drug-likeness (QED) is 0.796. The molecule has 2 fully saturated rings. The fraction of sp³-hybridized carbons (Fsp3) is 0.875. The van der Waals surface area contributed by atoms with Gasteiger partial charge in [-0.2, -0.15) is 0 Å². The van der Waals surface area contributed by atoms with Crippen molar-refractivity contribution < 1.29 is 9.59 Å². The second-order valence-corrected chi connectivity index (χ2v) is 7.28. The van der Waals surface area contributed by atoms with Gasteiger partial charge in [-0.25, -0.2) is 0 Å². The van der Waals surface area contributed by atoms with Gasteiger partial charge in [0, 0.05) is 18.5 Å². The maximum atomic E-state index is 12.8. The molecule has 0 aromatic rings. The Kier molecular flexibility index (Phi) is 5.25. The second kappa shape index (κ2) is 6.77. The van der Waals surface area contributed by atoms with E-state index in [2.05, 4.69) is 0 Å². The first-order valence-electron chi connectivity index (χ1n) is 8.21. The molecule has 2 amide bonds. The van der Waals surface area contributed by atoms with Crippen LogP contribution in [0.25, 0.3) is 0 Å². The van der Waals surface area contributed by atoms with Crippen LogP contribution in [0, 0.1) is 23.7 Å². The highest BCUT2D eigenvalue weighted by atomic mass is 16.2. The van der Waals surface area contributed by atoms with Crippen LogP contribution in [0.4, 0.5) is 0 Å². The molecule has 0 aromatic carbocycles. The molecule has 2 saturated carbocycles. The first-order chi connectivity index (χ1) is 9.88. The molecule has 0 heterocycles. The lowest BCUT2D eigenvalue weighted by Crippen LogP contribution is -2.51. The normalized spacial score (nSPS) is 32.0. The van der Waals surface area contributed by atoms with Gasteiger partial charge in [0.15, 0.2) is 0 Å². The van der Waals surface area contributed by atoms with Crippen LogP contribution in [0.2, 0.25) is 0 Å². The molecule has 4 N–H and O–H groups in total. The smallest absolute Gasteiger partial charge is 0.237 e. The summed E-state index contributed by atoms with van der Waals surface area (Å²) in [6, 6.07) is 0.262. The average molecular weight is 295 g/mol. The Labute approximate surface area is 127 Å². The van der Waals surface area contributed by atoms with Crippen molar-refractivity contribution in [3.05, 3.63) is 0 Å². The second-order valence-electron chi connectivity index (χ2n) is 7.28. The van der Waals surface area contributed by atoms with Gasteiger partial charge in [0.25, 0.3) is 0 Å². The molecule has 2 aliphatic carbocycles. The molecule has 5 nitrogen and oxygen atoms in total. The largest absolute Gasteiger partial charge is 0.368 e. The number of nitrogens with two attached hydrogens (primary N) is 2. The molecular formula is C16H29N3O2. The van der Waals surface area contributed by atoms with Gasteiger partial charge < -0.3 is 16.4 Å². The molecule has 21 heavy (non-hydrogen) atoms. The molecule has 2 atom stereocenters. The van der Waals surface area contributed by atoms with Gasteiger partial charge in [-0.3, -0.25) is 9.59 Å². The molecule has 2 rings (SSSR count). The Morgan fingerprint density at radius 2 is 1.76 bits per heavy atom. The summed E-state index contributed by atoms with van der Waals surface area (Å²) in [4.78, 5) is 25.7. The molecule has 0 spiro atoms. The predicted octanol–water partition coefficient (Wildman–Crippen LogP) is 1.11. The number of carbonyl (C=O) groups excluding carboxylic acids is 2. The molecule has 0 saturated heterocycles. The van der Waals surface area contributed by atoms with E-state index in [4.69, 9.17) is 11.5 Å². The standard InChI is InChI=1S/C16H29N3O2/c1-10(2)8-19(9-14(17)20)16(21)13-6-11-4-3-5-12(7-13)15(11)18/h10-13,15H,3-9,18H2,1-2H3,(H2,17,20). The van der Waals surface area contributed by atoms with Crippen molar-refractivity contribution in [1.29, 1.82) is 0 Å². The van der Waals surface area contributed by atoms with Crippen LogP contribution in [-0.2, 0) is 9.59 Å². The van der Waals surface area contributed by atoms with Crippen LogP contribution in [-0.4, -0.2) is 35.8 Å².